The molecule has 108 valence electrons. The quantitative estimate of drug-likeness (QED) is 0.805. The molecule has 0 saturated carbocycles. The second-order valence-electron chi connectivity index (χ2n) is 6.00. The van der Waals surface area contributed by atoms with Crippen LogP contribution in [-0.2, 0) is 13.0 Å². The Labute approximate surface area is 122 Å². The van der Waals surface area contributed by atoms with E-state index in [-0.39, 0.29) is 6.61 Å². The van der Waals surface area contributed by atoms with E-state index in [1.807, 2.05) is 23.9 Å². The van der Waals surface area contributed by atoms with Gasteiger partial charge >= 0.3 is 0 Å². The summed E-state index contributed by atoms with van der Waals surface area (Å²) in [7, 11) is 0. The first-order chi connectivity index (χ1) is 8.90. The van der Waals surface area contributed by atoms with Gasteiger partial charge in [0.25, 0.3) is 0 Å². The number of rotatable bonds is 7. The molecule has 0 bridgehead atoms. The maximum Gasteiger partial charge on any atom is 0.0681 e. The summed E-state index contributed by atoms with van der Waals surface area (Å²) in [5.74, 6) is 1.15. The Hall–Kier alpha value is -0.510. The highest BCUT2D eigenvalue weighted by atomic mass is 32.2. The largest absolute Gasteiger partial charge is 0.392 e. The zero-order valence-electron chi connectivity index (χ0n) is 12.6. The van der Waals surface area contributed by atoms with E-state index in [4.69, 9.17) is 5.11 Å². The number of aliphatic hydroxyl groups excluding tert-OH is 1. The lowest BCUT2D eigenvalue weighted by Crippen LogP contribution is -2.31. The molecule has 19 heavy (non-hydrogen) atoms. The van der Waals surface area contributed by atoms with Crippen molar-refractivity contribution >= 4 is 11.8 Å². The van der Waals surface area contributed by atoms with Crippen LogP contribution in [0.5, 0.6) is 0 Å². The van der Waals surface area contributed by atoms with Gasteiger partial charge in [-0.2, -0.15) is 11.8 Å². The topological polar surface area (TPSA) is 32.3 Å². The molecule has 0 amide bonds. The summed E-state index contributed by atoms with van der Waals surface area (Å²) >= 11 is 2.00. The molecule has 1 unspecified atom stereocenters. The first kappa shape index (κ1) is 16.5. The van der Waals surface area contributed by atoms with Crippen molar-refractivity contribution in [1.82, 2.24) is 5.32 Å². The van der Waals surface area contributed by atoms with Crippen LogP contribution in [0.3, 0.4) is 0 Å². The number of hydrogen-bond acceptors (Lipinski definition) is 3. The normalized spacial score (nSPS) is 13.5. The van der Waals surface area contributed by atoms with Crippen molar-refractivity contribution < 1.29 is 5.11 Å². The summed E-state index contributed by atoms with van der Waals surface area (Å²) in [5.41, 5.74) is 2.30. The average molecular weight is 281 g/mol. The molecule has 0 aliphatic rings. The minimum atomic E-state index is 0.125. The van der Waals surface area contributed by atoms with E-state index >= 15 is 0 Å². The summed E-state index contributed by atoms with van der Waals surface area (Å²) in [6.07, 6.45) is 1.04. The Morgan fingerprint density at radius 1 is 1.16 bits per heavy atom. The van der Waals surface area contributed by atoms with Crippen molar-refractivity contribution in [2.24, 2.45) is 0 Å². The Morgan fingerprint density at radius 3 is 2.26 bits per heavy atom. The van der Waals surface area contributed by atoms with E-state index < -0.39 is 0 Å². The predicted molar refractivity (Wildman–Crippen MR) is 85.7 cm³/mol. The third-order valence-corrected chi connectivity index (χ3v) is 4.41. The first-order valence-electron chi connectivity index (χ1n) is 6.97. The summed E-state index contributed by atoms with van der Waals surface area (Å²) in [6.45, 7) is 10.1. The molecule has 0 saturated heterocycles. The third-order valence-electron chi connectivity index (χ3n) is 2.88. The van der Waals surface area contributed by atoms with Gasteiger partial charge in [-0.15, -0.1) is 0 Å². The molecule has 0 aliphatic carbocycles. The van der Waals surface area contributed by atoms with Crippen molar-refractivity contribution in [3.8, 4) is 0 Å². The van der Waals surface area contributed by atoms with E-state index in [9.17, 15) is 0 Å². The van der Waals surface area contributed by atoms with Crippen molar-refractivity contribution in [3.05, 3.63) is 35.4 Å². The summed E-state index contributed by atoms with van der Waals surface area (Å²) in [6, 6.07) is 8.73. The Balaban J connectivity index is 2.22. The van der Waals surface area contributed by atoms with Crippen molar-refractivity contribution in [1.29, 1.82) is 0 Å². The van der Waals surface area contributed by atoms with Crippen molar-refractivity contribution in [2.45, 2.75) is 51.5 Å². The lowest BCUT2D eigenvalue weighted by molar-refractivity contribution is 0.282. The van der Waals surface area contributed by atoms with Crippen LogP contribution in [-0.4, -0.2) is 28.2 Å². The van der Waals surface area contributed by atoms with Gasteiger partial charge < -0.3 is 10.4 Å². The predicted octanol–water partition coefficient (Wildman–Crippen LogP) is 3.23. The van der Waals surface area contributed by atoms with Crippen LogP contribution in [0.4, 0.5) is 0 Å². The van der Waals surface area contributed by atoms with Gasteiger partial charge in [-0.1, -0.05) is 45.0 Å². The number of benzene rings is 1. The molecule has 0 radical (unpaired) electrons. The second kappa shape index (κ2) is 7.93. The monoisotopic (exact) mass is 281 g/mol. The SMILES string of the molecule is CC(CSC(C)(C)C)NCCc1ccc(CO)cc1. The highest BCUT2D eigenvalue weighted by Crippen LogP contribution is 2.23. The molecule has 0 aromatic heterocycles. The second-order valence-corrected chi connectivity index (χ2v) is 7.85. The van der Waals surface area contributed by atoms with E-state index in [0.29, 0.717) is 10.8 Å². The van der Waals surface area contributed by atoms with Gasteiger partial charge in [-0.25, -0.2) is 0 Å². The van der Waals surface area contributed by atoms with Gasteiger partial charge in [-0.3, -0.25) is 0 Å². The van der Waals surface area contributed by atoms with Gasteiger partial charge in [0.2, 0.25) is 0 Å². The Kier molecular flexibility index (Phi) is 6.90. The van der Waals surface area contributed by atoms with Gasteiger partial charge in [-0.05, 0) is 31.0 Å². The van der Waals surface area contributed by atoms with Crippen LogP contribution in [0.1, 0.15) is 38.8 Å². The van der Waals surface area contributed by atoms with Gasteiger partial charge in [0.05, 0.1) is 6.61 Å². The van der Waals surface area contributed by atoms with E-state index in [2.05, 4.69) is 45.1 Å². The highest BCUT2D eigenvalue weighted by Gasteiger charge is 2.12. The molecular weight excluding hydrogens is 254 g/mol. The molecule has 1 rings (SSSR count). The maximum atomic E-state index is 8.99. The fourth-order valence-corrected chi connectivity index (χ4v) is 2.58. The Bertz CT molecular complexity index is 356. The molecule has 1 aromatic rings. The Morgan fingerprint density at radius 2 is 1.74 bits per heavy atom. The van der Waals surface area contributed by atoms with Crippen molar-refractivity contribution in [2.75, 3.05) is 12.3 Å². The summed E-state index contributed by atoms with van der Waals surface area (Å²) in [4.78, 5) is 0. The van der Waals surface area contributed by atoms with Crippen LogP contribution in [0.2, 0.25) is 0 Å². The number of hydrogen-bond donors (Lipinski definition) is 2. The van der Waals surface area contributed by atoms with E-state index in [1.54, 1.807) is 0 Å². The van der Waals surface area contributed by atoms with Gasteiger partial charge in [0.1, 0.15) is 0 Å². The zero-order valence-corrected chi connectivity index (χ0v) is 13.4. The zero-order chi connectivity index (χ0) is 14.3. The lowest BCUT2D eigenvalue weighted by Gasteiger charge is -2.21. The first-order valence-corrected chi connectivity index (χ1v) is 7.95. The van der Waals surface area contributed by atoms with Crippen molar-refractivity contribution in [3.63, 3.8) is 0 Å². The number of aliphatic hydroxyl groups is 1. The molecule has 1 aromatic carbocycles. The fourth-order valence-electron chi connectivity index (χ4n) is 1.71. The third kappa shape index (κ3) is 7.61. The molecule has 1 atom stereocenters. The standard InChI is InChI=1S/C16H27NOS/c1-13(12-19-16(2,3)4)17-10-9-14-5-7-15(11-18)8-6-14/h5-8,13,17-18H,9-12H2,1-4H3. The molecule has 2 nitrogen and oxygen atoms in total. The molecule has 0 fully saturated rings. The highest BCUT2D eigenvalue weighted by molar-refractivity contribution is 8.00. The van der Waals surface area contributed by atoms with Gasteiger partial charge in [0.15, 0.2) is 0 Å². The van der Waals surface area contributed by atoms with Gasteiger partial charge in [0, 0.05) is 16.5 Å². The molecule has 0 aliphatic heterocycles. The van der Waals surface area contributed by atoms with Crippen LogP contribution in [0.15, 0.2) is 24.3 Å². The van der Waals surface area contributed by atoms with E-state index in [1.165, 1.54) is 5.56 Å². The fraction of sp³-hybridized carbons (Fsp3) is 0.625. The smallest absolute Gasteiger partial charge is 0.0681 e. The van der Waals surface area contributed by atoms with Crippen LogP contribution in [0.25, 0.3) is 0 Å². The summed E-state index contributed by atoms with van der Waals surface area (Å²) in [5, 5.41) is 12.5. The molecule has 3 heteroatoms. The maximum absolute atomic E-state index is 8.99. The van der Waals surface area contributed by atoms with Crippen LogP contribution in [0, 0.1) is 0 Å². The lowest BCUT2D eigenvalue weighted by atomic mass is 10.1. The van der Waals surface area contributed by atoms with Crippen LogP contribution < -0.4 is 5.32 Å². The molecular formula is C16H27NOS. The average Bonchev–Trinajstić information content (AvgIpc) is 2.36. The summed E-state index contributed by atoms with van der Waals surface area (Å²) < 4.78 is 0.343. The van der Waals surface area contributed by atoms with E-state index in [0.717, 1.165) is 24.3 Å². The minimum absolute atomic E-state index is 0.125. The minimum Gasteiger partial charge on any atom is -0.392 e. The number of nitrogens with one attached hydrogen (secondary N) is 1. The number of thioether (sulfide) groups is 1. The van der Waals surface area contributed by atoms with Crippen LogP contribution >= 0.6 is 11.8 Å². The molecule has 0 heterocycles. The molecule has 2 N–H and O–H groups in total. The molecule has 0 spiro atoms.